The predicted octanol–water partition coefficient (Wildman–Crippen LogP) is 5.24. The van der Waals surface area contributed by atoms with Gasteiger partial charge >= 0.3 is 0 Å². The van der Waals surface area contributed by atoms with Gasteiger partial charge in [-0.3, -0.25) is 4.79 Å². The van der Waals surface area contributed by atoms with E-state index in [1.807, 2.05) is 50.2 Å². The molecule has 0 fully saturated rings. The molecule has 4 nitrogen and oxygen atoms in total. The average Bonchev–Trinajstić information content (AvgIpc) is 2.63. The van der Waals surface area contributed by atoms with Crippen molar-refractivity contribution in [3.8, 4) is 5.75 Å². The number of thioether (sulfide) groups is 1. The number of ether oxygens (including phenoxy) is 1. The number of rotatable bonds is 5. The topological polar surface area (TPSA) is 51.2 Å². The highest BCUT2D eigenvalue weighted by atomic mass is 35.5. The van der Waals surface area contributed by atoms with Crippen LogP contribution in [-0.4, -0.2) is 23.8 Å². The maximum atomic E-state index is 12.3. The van der Waals surface area contributed by atoms with Gasteiger partial charge in [-0.25, -0.2) is 4.98 Å². The minimum absolute atomic E-state index is 0.0973. The molecule has 0 radical (unpaired) electrons. The number of hydrogen-bond donors (Lipinski definition) is 1. The molecule has 0 saturated heterocycles. The van der Waals surface area contributed by atoms with Gasteiger partial charge in [0.05, 0.1) is 17.9 Å². The lowest BCUT2D eigenvalue weighted by atomic mass is 10.1. The largest absolute Gasteiger partial charge is 0.494 e. The second-order valence-corrected chi connectivity index (χ2v) is 7.29. The number of para-hydroxylation sites is 1. The molecule has 1 N–H and O–H groups in total. The Kier molecular flexibility index (Phi) is 5.69. The summed E-state index contributed by atoms with van der Waals surface area (Å²) in [5, 5.41) is 5.37. The molecule has 26 heavy (non-hydrogen) atoms. The van der Waals surface area contributed by atoms with Crippen molar-refractivity contribution in [2.24, 2.45) is 0 Å². The van der Waals surface area contributed by atoms with Crippen LogP contribution < -0.4 is 10.1 Å². The van der Waals surface area contributed by atoms with Crippen LogP contribution >= 0.6 is 23.4 Å². The number of hydrogen-bond acceptors (Lipinski definition) is 4. The monoisotopic (exact) mass is 386 g/mol. The minimum atomic E-state index is -0.0973. The fraction of sp³-hybridized carbons (Fsp3) is 0.200. The number of fused-ring (bicyclic) bond motifs is 1. The first kappa shape index (κ1) is 18.5. The molecule has 1 heterocycles. The number of carbonyl (C=O) groups excluding carboxylic acids is 1. The Hall–Kier alpha value is -2.24. The zero-order valence-electron chi connectivity index (χ0n) is 14.8. The second-order valence-electron chi connectivity index (χ2n) is 5.88. The number of aromatic nitrogens is 1. The zero-order chi connectivity index (χ0) is 18.7. The molecule has 6 heteroatoms. The van der Waals surface area contributed by atoms with E-state index in [-0.39, 0.29) is 11.7 Å². The van der Waals surface area contributed by atoms with Gasteiger partial charge in [0.25, 0.3) is 0 Å². The zero-order valence-corrected chi connectivity index (χ0v) is 16.4. The number of methoxy groups -OCH3 is 1. The highest BCUT2D eigenvalue weighted by Gasteiger charge is 2.11. The Labute approximate surface area is 161 Å². The van der Waals surface area contributed by atoms with E-state index in [0.29, 0.717) is 5.02 Å². The number of halogens is 1. The second kappa shape index (κ2) is 7.98. The third kappa shape index (κ3) is 3.94. The summed E-state index contributed by atoms with van der Waals surface area (Å²) in [6, 6.07) is 13.3. The molecular formula is C20H19ClN2O2S. The standard InChI is InChI=1S/C20H19ClN2O2S/c1-12-10-19(23-20-14(12)6-4-9-17(20)25-3)26-11-18(24)22-16-8-5-7-15(21)13(16)2/h4-10H,11H2,1-3H3,(H,22,24). The number of nitrogens with zero attached hydrogens (tertiary/aromatic N) is 1. The number of carbonyl (C=O) groups is 1. The Balaban J connectivity index is 1.75. The van der Waals surface area contributed by atoms with Crippen LogP contribution in [0.4, 0.5) is 5.69 Å². The Bertz CT molecular complexity index is 975. The van der Waals surface area contributed by atoms with E-state index in [1.165, 1.54) is 11.8 Å². The lowest BCUT2D eigenvalue weighted by molar-refractivity contribution is -0.113. The Morgan fingerprint density at radius 2 is 2.00 bits per heavy atom. The van der Waals surface area contributed by atoms with Crippen molar-refractivity contribution in [1.82, 2.24) is 4.98 Å². The summed E-state index contributed by atoms with van der Waals surface area (Å²) in [6.45, 7) is 3.91. The van der Waals surface area contributed by atoms with Gasteiger partial charge in [-0.05, 0) is 49.2 Å². The summed E-state index contributed by atoms with van der Waals surface area (Å²) in [6.07, 6.45) is 0. The van der Waals surface area contributed by atoms with Crippen molar-refractivity contribution in [2.45, 2.75) is 18.9 Å². The molecule has 3 rings (SSSR count). The number of amides is 1. The van der Waals surface area contributed by atoms with Crippen molar-refractivity contribution >= 4 is 45.9 Å². The smallest absolute Gasteiger partial charge is 0.234 e. The van der Waals surface area contributed by atoms with Crippen LogP contribution in [0.1, 0.15) is 11.1 Å². The van der Waals surface area contributed by atoms with Crippen molar-refractivity contribution in [1.29, 1.82) is 0 Å². The molecule has 0 atom stereocenters. The van der Waals surface area contributed by atoms with Gasteiger partial charge in [0.2, 0.25) is 5.91 Å². The van der Waals surface area contributed by atoms with Crippen LogP contribution in [0.3, 0.4) is 0 Å². The van der Waals surface area contributed by atoms with E-state index >= 15 is 0 Å². The van der Waals surface area contributed by atoms with E-state index in [4.69, 9.17) is 16.3 Å². The summed E-state index contributed by atoms with van der Waals surface area (Å²) < 4.78 is 5.40. The van der Waals surface area contributed by atoms with E-state index < -0.39 is 0 Å². The fourth-order valence-electron chi connectivity index (χ4n) is 2.67. The summed E-state index contributed by atoms with van der Waals surface area (Å²) in [5.41, 5.74) is 3.50. The van der Waals surface area contributed by atoms with Gasteiger partial charge in [-0.2, -0.15) is 0 Å². The molecular weight excluding hydrogens is 368 g/mol. The molecule has 0 bridgehead atoms. The third-order valence-corrected chi connectivity index (χ3v) is 5.42. The fourth-order valence-corrected chi connectivity index (χ4v) is 3.61. The Morgan fingerprint density at radius 1 is 1.23 bits per heavy atom. The number of anilines is 1. The quantitative estimate of drug-likeness (QED) is 0.609. The highest BCUT2D eigenvalue weighted by Crippen LogP contribution is 2.30. The van der Waals surface area contributed by atoms with Crippen LogP contribution in [0.5, 0.6) is 5.75 Å². The number of pyridine rings is 1. The number of nitrogens with one attached hydrogen (secondary N) is 1. The highest BCUT2D eigenvalue weighted by molar-refractivity contribution is 7.99. The maximum absolute atomic E-state index is 12.3. The van der Waals surface area contributed by atoms with Gasteiger partial charge in [0.15, 0.2) is 0 Å². The Morgan fingerprint density at radius 3 is 2.77 bits per heavy atom. The molecule has 0 aliphatic rings. The van der Waals surface area contributed by atoms with Crippen LogP contribution in [-0.2, 0) is 4.79 Å². The molecule has 1 amide bonds. The van der Waals surface area contributed by atoms with Crippen molar-refractivity contribution < 1.29 is 9.53 Å². The van der Waals surface area contributed by atoms with Crippen LogP contribution in [0, 0.1) is 13.8 Å². The van der Waals surface area contributed by atoms with Crippen LogP contribution in [0.2, 0.25) is 5.02 Å². The van der Waals surface area contributed by atoms with E-state index in [0.717, 1.165) is 38.5 Å². The normalized spacial score (nSPS) is 10.8. The van der Waals surface area contributed by atoms with Gasteiger partial charge in [0, 0.05) is 16.1 Å². The molecule has 134 valence electrons. The summed E-state index contributed by atoms with van der Waals surface area (Å²) in [7, 11) is 1.63. The SMILES string of the molecule is COc1cccc2c(C)cc(SCC(=O)Nc3cccc(Cl)c3C)nc12. The lowest BCUT2D eigenvalue weighted by Gasteiger charge is -2.11. The molecule has 0 aliphatic heterocycles. The minimum Gasteiger partial charge on any atom is -0.494 e. The summed E-state index contributed by atoms with van der Waals surface area (Å²) in [4.78, 5) is 16.9. The number of aryl methyl sites for hydroxylation is 1. The predicted molar refractivity (Wildman–Crippen MR) is 109 cm³/mol. The van der Waals surface area contributed by atoms with Gasteiger partial charge in [0.1, 0.15) is 11.3 Å². The first-order valence-corrected chi connectivity index (χ1v) is 9.48. The molecule has 0 aliphatic carbocycles. The van der Waals surface area contributed by atoms with Crippen molar-refractivity contribution in [3.05, 3.63) is 58.6 Å². The van der Waals surface area contributed by atoms with Crippen LogP contribution in [0.25, 0.3) is 10.9 Å². The first-order chi connectivity index (χ1) is 12.5. The van der Waals surface area contributed by atoms with E-state index in [1.54, 1.807) is 13.2 Å². The van der Waals surface area contributed by atoms with E-state index in [9.17, 15) is 4.79 Å². The van der Waals surface area contributed by atoms with Gasteiger partial charge in [-0.15, -0.1) is 0 Å². The number of benzene rings is 2. The average molecular weight is 387 g/mol. The lowest BCUT2D eigenvalue weighted by Crippen LogP contribution is -2.15. The molecule has 3 aromatic rings. The third-order valence-electron chi connectivity index (χ3n) is 4.10. The van der Waals surface area contributed by atoms with E-state index in [2.05, 4.69) is 10.3 Å². The molecule has 1 aromatic heterocycles. The molecule has 2 aromatic carbocycles. The van der Waals surface area contributed by atoms with Gasteiger partial charge in [-0.1, -0.05) is 41.6 Å². The molecule has 0 saturated carbocycles. The summed E-state index contributed by atoms with van der Waals surface area (Å²) >= 11 is 7.49. The van der Waals surface area contributed by atoms with Crippen molar-refractivity contribution in [2.75, 3.05) is 18.2 Å². The van der Waals surface area contributed by atoms with Gasteiger partial charge < -0.3 is 10.1 Å². The molecule has 0 spiro atoms. The maximum Gasteiger partial charge on any atom is 0.234 e. The van der Waals surface area contributed by atoms with Crippen molar-refractivity contribution in [3.63, 3.8) is 0 Å². The van der Waals surface area contributed by atoms with Crippen LogP contribution in [0.15, 0.2) is 47.5 Å². The molecule has 0 unspecified atom stereocenters. The first-order valence-electron chi connectivity index (χ1n) is 8.11. The summed E-state index contributed by atoms with van der Waals surface area (Å²) in [5.74, 6) is 0.894.